The molecule has 1 N–H and O–H groups in total. The maximum absolute atomic E-state index is 10.5. The number of hydrogen-bond acceptors (Lipinski definition) is 6. The molecule has 1 aromatic carbocycles. The summed E-state index contributed by atoms with van der Waals surface area (Å²) in [7, 11) is 0. The van der Waals surface area contributed by atoms with Gasteiger partial charge in [-0.3, -0.25) is 9.80 Å². The second-order valence-electron chi connectivity index (χ2n) is 7.23. The zero-order valence-corrected chi connectivity index (χ0v) is 15.6. The number of aliphatic hydroxyl groups excluding tert-OH is 1. The smallest absolute Gasteiger partial charge is 0.123 e. The van der Waals surface area contributed by atoms with E-state index in [1.165, 1.54) is 0 Å². The van der Waals surface area contributed by atoms with Crippen molar-refractivity contribution < 1.29 is 14.6 Å². The first-order valence-corrected chi connectivity index (χ1v) is 9.68. The molecule has 27 heavy (non-hydrogen) atoms. The standard InChI is InChI=1S/C20H28N4O3/c25-19-15-23(14-18(19)24-8-10-26-11-9-24)13-17-3-1-2-4-20(17)27-12-7-22-6-5-21-16-22/h1-6,16,18-19,25H,7-15H2/t18-,19-/m1/s1. The van der Waals surface area contributed by atoms with Gasteiger partial charge in [0.05, 0.1) is 32.2 Å². The topological polar surface area (TPSA) is 63.0 Å². The van der Waals surface area contributed by atoms with Crippen molar-refractivity contribution in [3.63, 3.8) is 0 Å². The lowest BCUT2D eigenvalue weighted by atomic mass is 10.1. The number of morpholine rings is 1. The van der Waals surface area contributed by atoms with E-state index in [1.807, 2.05) is 29.0 Å². The highest BCUT2D eigenvalue weighted by molar-refractivity contribution is 5.33. The molecule has 0 bridgehead atoms. The van der Waals surface area contributed by atoms with Gasteiger partial charge in [0.15, 0.2) is 0 Å². The van der Waals surface area contributed by atoms with Gasteiger partial charge >= 0.3 is 0 Å². The summed E-state index contributed by atoms with van der Waals surface area (Å²) in [4.78, 5) is 8.74. The van der Waals surface area contributed by atoms with E-state index in [4.69, 9.17) is 9.47 Å². The molecule has 4 rings (SSSR count). The highest BCUT2D eigenvalue weighted by Gasteiger charge is 2.36. The van der Waals surface area contributed by atoms with Gasteiger partial charge in [0.1, 0.15) is 12.4 Å². The van der Waals surface area contributed by atoms with Crippen molar-refractivity contribution in [1.82, 2.24) is 19.4 Å². The van der Waals surface area contributed by atoms with E-state index >= 15 is 0 Å². The Morgan fingerprint density at radius 2 is 2.04 bits per heavy atom. The van der Waals surface area contributed by atoms with Gasteiger partial charge in [-0.25, -0.2) is 4.98 Å². The molecule has 0 spiro atoms. The van der Waals surface area contributed by atoms with Crippen LogP contribution < -0.4 is 4.74 Å². The van der Waals surface area contributed by atoms with E-state index in [2.05, 4.69) is 20.9 Å². The summed E-state index contributed by atoms with van der Waals surface area (Å²) < 4.78 is 13.5. The molecule has 0 aliphatic carbocycles. The summed E-state index contributed by atoms with van der Waals surface area (Å²) in [6, 6.07) is 8.38. The molecule has 0 saturated carbocycles. The maximum Gasteiger partial charge on any atom is 0.123 e. The van der Waals surface area contributed by atoms with Crippen molar-refractivity contribution in [2.75, 3.05) is 46.0 Å². The lowest BCUT2D eigenvalue weighted by molar-refractivity contribution is -0.00618. The number of hydrogen-bond donors (Lipinski definition) is 1. The Hall–Kier alpha value is -1.93. The van der Waals surface area contributed by atoms with Crippen LogP contribution >= 0.6 is 0 Å². The lowest BCUT2D eigenvalue weighted by Gasteiger charge is -2.33. The molecule has 2 atom stereocenters. The van der Waals surface area contributed by atoms with Crippen LogP contribution in [-0.4, -0.2) is 82.6 Å². The minimum atomic E-state index is -0.308. The Morgan fingerprint density at radius 1 is 1.19 bits per heavy atom. The SMILES string of the molecule is O[C@@H]1CN(Cc2ccccc2OCCn2ccnc2)C[C@H]1N1CCOCC1. The molecule has 7 nitrogen and oxygen atoms in total. The normalized spacial score (nSPS) is 24.3. The molecular weight excluding hydrogens is 344 g/mol. The Kier molecular flexibility index (Phi) is 6.03. The molecule has 7 heteroatoms. The van der Waals surface area contributed by atoms with Crippen molar-refractivity contribution in [2.24, 2.45) is 0 Å². The fourth-order valence-corrected chi connectivity index (χ4v) is 3.94. The summed E-state index contributed by atoms with van der Waals surface area (Å²) >= 11 is 0. The fourth-order valence-electron chi connectivity index (χ4n) is 3.94. The number of ether oxygens (including phenoxy) is 2. The van der Waals surface area contributed by atoms with Gasteiger partial charge in [-0.05, 0) is 6.07 Å². The number of β-amino-alcohol motifs (C(OH)–C–C–N with tert-alkyl or cyclic N) is 1. The van der Waals surface area contributed by atoms with E-state index in [9.17, 15) is 5.11 Å². The summed E-state index contributed by atoms with van der Waals surface area (Å²) in [5.41, 5.74) is 1.16. The molecule has 2 aliphatic heterocycles. The van der Waals surface area contributed by atoms with Gasteiger partial charge in [0.25, 0.3) is 0 Å². The molecular formula is C20H28N4O3. The Labute approximate surface area is 160 Å². The van der Waals surface area contributed by atoms with Crippen molar-refractivity contribution in [3.8, 4) is 5.75 Å². The molecule has 146 valence electrons. The molecule has 2 saturated heterocycles. The van der Waals surface area contributed by atoms with Crippen LogP contribution in [0.2, 0.25) is 0 Å². The van der Waals surface area contributed by atoms with Crippen molar-refractivity contribution in [3.05, 3.63) is 48.5 Å². The third kappa shape index (κ3) is 4.68. The van der Waals surface area contributed by atoms with Gasteiger partial charge in [0, 0.05) is 56.7 Å². The molecule has 1 aromatic heterocycles. The summed E-state index contributed by atoms with van der Waals surface area (Å²) in [6.07, 6.45) is 5.20. The molecule has 2 aromatic rings. The first-order valence-electron chi connectivity index (χ1n) is 9.68. The Balaban J connectivity index is 1.33. The monoisotopic (exact) mass is 372 g/mol. The Bertz CT molecular complexity index is 703. The molecule has 3 heterocycles. The molecule has 0 unspecified atom stereocenters. The lowest BCUT2D eigenvalue weighted by Crippen LogP contribution is -2.48. The van der Waals surface area contributed by atoms with Crippen LogP contribution in [0.3, 0.4) is 0 Å². The maximum atomic E-state index is 10.5. The largest absolute Gasteiger partial charge is 0.491 e. The average molecular weight is 372 g/mol. The van der Waals surface area contributed by atoms with E-state index in [1.54, 1.807) is 12.5 Å². The van der Waals surface area contributed by atoms with Gasteiger partial charge in [-0.15, -0.1) is 0 Å². The van der Waals surface area contributed by atoms with E-state index < -0.39 is 0 Å². The third-order valence-electron chi connectivity index (χ3n) is 5.38. The average Bonchev–Trinajstić information content (AvgIpc) is 3.33. The highest BCUT2D eigenvalue weighted by Crippen LogP contribution is 2.24. The van der Waals surface area contributed by atoms with Crippen molar-refractivity contribution in [2.45, 2.75) is 25.2 Å². The minimum absolute atomic E-state index is 0.197. The van der Waals surface area contributed by atoms with Crippen LogP contribution in [0.25, 0.3) is 0 Å². The second kappa shape index (κ2) is 8.84. The molecule has 2 aliphatic rings. The van der Waals surface area contributed by atoms with Crippen LogP contribution in [0.5, 0.6) is 5.75 Å². The minimum Gasteiger partial charge on any atom is -0.491 e. The fraction of sp³-hybridized carbons (Fsp3) is 0.550. The zero-order chi connectivity index (χ0) is 18.5. The van der Waals surface area contributed by atoms with Gasteiger partial charge in [0.2, 0.25) is 0 Å². The zero-order valence-electron chi connectivity index (χ0n) is 15.6. The quantitative estimate of drug-likeness (QED) is 0.777. The van der Waals surface area contributed by atoms with Gasteiger partial charge < -0.3 is 19.1 Å². The van der Waals surface area contributed by atoms with Gasteiger partial charge in [-0.2, -0.15) is 0 Å². The van der Waals surface area contributed by atoms with Crippen molar-refractivity contribution >= 4 is 0 Å². The number of rotatable bonds is 7. The molecule has 0 amide bonds. The van der Waals surface area contributed by atoms with Crippen LogP contribution in [0.4, 0.5) is 0 Å². The van der Waals surface area contributed by atoms with E-state index in [0.717, 1.165) is 57.3 Å². The third-order valence-corrected chi connectivity index (χ3v) is 5.38. The first-order chi connectivity index (χ1) is 13.3. The van der Waals surface area contributed by atoms with E-state index in [0.29, 0.717) is 13.2 Å². The summed E-state index contributed by atoms with van der Waals surface area (Å²) in [5.74, 6) is 0.918. The predicted octanol–water partition coefficient (Wildman–Crippen LogP) is 0.839. The number of aromatic nitrogens is 2. The summed E-state index contributed by atoms with van der Waals surface area (Å²) in [6.45, 7) is 7.08. The van der Waals surface area contributed by atoms with E-state index in [-0.39, 0.29) is 12.1 Å². The van der Waals surface area contributed by atoms with Gasteiger partial charge in [-0.1, -0.05) is 18.2 Å². The number of para-hydroxylation sites is 1. The number of likely N-dealkylation sites (tertiary alicyclic amines) is 1. The molecule has 2 fully saturated rings. The van der Waals surface area contributed by atoms with Crippen LogP contribution in [-0.2, 0) is 17.8 Å². The number of aliphatic hydroxyl groups is 1. The number of imidazole rings is 1. The number of nitrogens with zero attached hydrogens (tertiary/aromatic N) is 4. The van der Waals surface area contributed by atoms with Crippen LogP contribution in [0.1, 0.15) is 5.56 Å². The van der Waals surface area contributed by atoms with Crippen LogP contribution in [0, 0.1) is 0 Å². The second-order valence-corrected chi connectivity index (χ2v) is 7.23. The van der Waals surface area contributed by atoms with Crippen LogP contribution in [0.15, 0.2) is 43.0 Å². The predicted molar refractivity (Wildman–Crippen MR) is 102 cm³/mol. The Morgan fingerprint density at radius 3 is 2.85 bits per heavy atom. The summed E-state index contributed by atoms with van der Waals surface area (Å²) in [5, 5.41) is 10.5. The first kappa shape index (κ1) is 18.4. The van der Waals surface area contributed by atoms with Crippen molar-refractivity contribution in [1.29, 1.82) is 0 Å². The molecule has 0 radical (unpaired) electrons. The highest BCUT2D eigenvalue weighted by atomic mass is 16.5. The number of benzene rings is 1.